The van der Waals surface area contributed by atoms with E-state index >= 15 is 0 Å². The lowest BCUT2D eigenvalue weighted by molar-refractivity contribution is -0.118. The van der Waals surface area contributed by atoms with Crippen LogP contribution in [0.1, 0.15) is 0 Å². The Balaban J connectivity index is 1.64. The molecule has 0 atom stereocenters. The molecule has 26 heavy (non-hydrogen) atoms. The van der Waals surface area contributed by atoms with E-state index < -0.39 is 0 Å². The van der Waals surface area contributed by atoms with Crippen LogP contribution in [0.4, 0.5) is 5.69 Å². The first kappa shape index (κ1) is 18.8. The van der Waals surface area contributed by atoms with Crippen molar-refractivity contribution >= 4 is 50.7 Å². The van der Waals surface area contributed by atoms with Gasteiger partial charge in [0.05, 0.1) is 15.2 Å². The molecule has 3 nitrogen and oxygen atoms in total. The molecular weight excluding hydrogens is 437 g/mol. The molecule has 0 saturated heterocycles. The average Bonchev–Trinajstić information content (AvgIpc) is 2.64. The highest BCUT2D eigenvalue weighted by molar-refractivity contribution is 9.10. The van der Waals surface area contributed by atoms with Gasteiger partial charge in [0, 0.05) is 5.02 Å². The highest BCUT2D eigenvalue weighted by Crippen LogP contribution is 2.31. The van der Waals surface area contributed by atoms with E-state index in [1.807, 2.05) is 48.5 Å². The van der Waals surface area contributed by atoms with E-state index in [-0.39, 0.29) is 12.5 Å². The topological polar surface area (TPSA) is 38.3 Å². The second kappa shape index (κ2) is 8.58. The molecule has 0 fully saturated rings. The molecule has 3 rings (SSSR count). The minimum Gasteiger partial charge on any atom is -0.483 e. The number of halogens is 3. The van der Waals surface area contributed by atoms with E-state index in [0.717, 1.165) is 15.6 Å². The zero-order chi connectivity index (χ0) is 18.5. The van der Waals surface area contributed by atoms with Crippen molar-refractivity contribution < 1.29 is 9.53 Å². The van der Waals surface area contributed by atoms with Crippen molar-refractivity contribution in [1.82, 2.24) is 0 Å². The first-order chi connectivity index (χ1) is 12.5. The number of hydrogen-bond donors (Lipinski definition) is 1. The minimum atomic E-state index is -0.326. The Kier molecular flexibility index (Phi) is 6.20. The third-order valence-corrected chi connectivity index (χ3v) is 4.78. The van der Waals surface area contributed by atoms with Gasteiger partial charge in [0.1, 0.15) is 5.75 Å². The largest absolute Gasteiger partial charge is 0.483 e. The van der Waals surface area contributed by atoms with Crippen molar-refractivity contribution in [2.45, 2.75) is 0 Å². The van der Waals surface area contributed by atoms with Gasteiger partial charge in [-0.05, 0) is 57.4 Å². The summed E-state index contributed by atoms with van der Waals surface area (Å²) in [5.74, 6) is 0.255. The number of ether oxygens (including phenoxy) is 1. The lowest BCUT2D eigenvalue weighted by Crippen LogP contribution is -2.20. The number of rotatable bonds is 5. The van der Waals surface area contributed by atoms with E-state index in [9.17, 15) is 4.79 Å². The summed E-state index contributed by atoms with van der Waals surface area (Å²) in [5, 5.41) is 3.59. The molecule has 3 aromatic rings. The molecular formula is C20H14BrCl2NO2. The Hall–Kier alpha value is -2.01. The molecule has 0 aromatic heterocycles. The van der Waals surface area contributed by atoms with E-state index in [0.29, 0.717) is 21.5 Å². The monoisotopic (exact) mass is 449 g/mol. The molecule has 0 saturated carbocycles. The van der Waals surface area contributed by atoms with E-state index in [1.54, 1.807) is 18.2 Å². The average molecular weight is 451 g/mol. The van der Waals surface area contributed by atoms with Crippen LogP contribution >= 0.6 is 39.1 Å². The van der Waals surface area contributed by atoms with Gasteiger partial charge in [0.25, 0.3) is 5.91 Å². The second-order valence-electron chi connectivity index (χ2n) is 5.47. The summed E-state index contributed by atoms with van der Waals surface area (Å²) in [7, 11) is 0. The third-order valence-electron chi connectivity index (χ3n) is 3.60. The number of hydrogen-bond acceptors (Lipinski definition) is 2. The fourth-order valence-electron chi connectivity index (χ4n) is 2.35. The summed E-state index contributed by atoms with van der Waals surface area (Å²) in [4.78, 5) is 12.1. The molecule has 1 amide bonds. The third kappa shape index (κ3) is 4.79. The van der Waals surface area contributed by atoms with Gasteiger partial charge >= 0.3 is 0 Å². The molecule has 0 unspecified atom stereocenters. The van der Waals surface area contributed by atoms with Crippen LogP contribution in [0, 0.1) is 0 Å². The van der Waals surface area contributed by atoms with Gasteiger partial charge in [0.2, 0.25) is 0 Å². The quantitative estimate of drug-likeness (QED) is 0.485. The van der Waals surface area contributed by atoms with Gasteiger partial charge in [-0.3, -0.25) is 4.79 Å². The number of amides is 1. The summed E-state index contributed by atoms with van der Waals surface area (Å²) in [6.07, 6.45) is 0. The highest BCUT2D eigenvalue weighted by Gasteiger charge is 2.10. The van der Waals surface area contributed by atoms with Gasteiger partial charge in [-0.1, -0.05) is 59.6 Å². The number of carbonyl (C=O) groups excluding carboxylic acids is 1. The Labute approximate surface area is 170 Å². The van der Waals surface area contributed by atoms with Crippen LogP contribution in [0.2, 0.25) is 10.0 Å². The standard InChI is InChI=1S/C20H14BrCl2NO2/c21-16-10-14(13-4-2-1-3-5-13)6-9-19(16)26-12-20(25)24-18-11-15(22)7-8-17(18)23/h1-11H,12H2,(H,24,25). The fourth-order valence-corrected chi connectivity index (χ4v) is 3.18. The zero-order valence-electron chi connectivity index (χ0n) is 13.5. The van der Waals surface area contributed by atoms with Crippen LogP contribution in [0.15, 0.2) is 71.2 Å². The van der Waals surface area contributed by atoms with Gasteiger partial charge in [0.15, 0.2) is 6.61 Å². The van der Waals surface area contributed by atoms with Crippen molar-refractivity contribution in [3.8, 4) is 16.9 Å². The summed E-state index contributed by atoms with van der Waals surface area (Å²) in [6.45, 7) is -0.147. The fraction of sp³-hybridized carbons (Fsp3) is 0.0500. The molecule has 0 aliphatic rings. The number of benzene rings is 3. The summed E-state index contributed by atoms with van der Waals surface area (Å²) in [6, 6.07) is 20.6. The molecule has 0 aliphatic carbocycles. The second-order valence-corrected chi connectivity index (χ2v) is 7.17. The lowest BCUT2D eigenvalue weighted by Gasteiger charge is -2.11. The smallest absolute Gasteiger partial charge is 0.262 e. The van der Waals surface area contributed by atoms with Crippen LogP contribution in [0.25, 0.3) is 11.1 Å². The Morgan fingerprint density at radius 1 is 0.962 bits per heavy atom. The molecule has 6 heteroatoms. The van der Waals surface area contributed by atoms with Crippen molar-refractivity contribution in [2.24, 2.45) is 0 Å². The maximum atomic E-state index is 12.1. The van der Waals surface area contributed by atoms with Crippen molar-refractivity contribution in [2.75, 3.05) is 11.9 Å². The van der Waals surface area contributed by atoms with Crippen LogP contribution in [-0.4, -0.2) is 12.5 Å². The SMILES string of the molecule is O=C(COc1ccc(-c2ccccc2)cc1Br)Nc1cc(Cl)ccc1Cl. The normalized spacial score (nSPS) is 10.4. The van der Waals surface area contributed by atoms with Crippen molar-refractivity contribution in [3.05, 3.63) is 81.2 Å². The molecule has 1 N–H and O–H groups in total. The molecule has 0 radical (unpaired) electrons. The molecule has 0 heterocycles. The highest BCUT2D eigenvalue weighted by atomic mass is 79.9. The van der Waals surface area contributed by atoms with Crippen LogP contribution in [-0.2, 0) is 4.79 Å². The first-order valence-corrected chi connectivity index (χ1v) is 9.30. The van der Waals surface area contributed by atoms with Crippen LogP contribution in [0.5, 0.6) is 5.75 Å². The van der Waals surface area contributed by atoms with Crippen molar-refractivity contribution in [1.29, 1.82) is 0 Å². The maximum Gasteiger partial charge on any atom is 0.262 e. The Bertz CT molecular complexity index is 932. The van der Waals surface area contributed by atoms with E-state index in [4.69, 9.17) is 27.9 Å². The Morgan fingerprint density at radius 2 is 1.73 bits per heavy atom. The lowest BCUT2D eigenvalue weighted by atomic mass is 10.1. The summed E-state index contributed by atoms with van der Waals surface area (Å²) < 4.78 is 6.37. The Morgan fingerprint density at radius 3 is 2.46 bits per heavy atom. The van der Waals surface area contributed by atoms with Crippen LogP contribution < -0.4 is 10.1 Å². The van der Waals surface area contributed by atoms with Crippen LogP contribution in [0.3, 0.4) is 0 Å². The van der Waals surface area contributed by atoms with Gasteiger partial charge in [-0.25, -0.2) is 0 Å². The molecule has 132 valence electrons. The summed E-state index contributed by atoms with van der Waals surface area (Å²) in [5.41, 5.74) is 2.61. The minimum absolute atomic E-state index is 0.147. The van der Waals surface area contributed by atoms with Gasteiger partial charge < -0.3 is 10.1 Å². The maximum absolute atomic E-state index is 12.1. The molecule has 0 spiro atoms. The number of anilines is 1. The first-order valence-electron chi connectivity index (χ1n) is 7.75. The molecule has 0 aliphatic heterocycles. The number of nitrogens with one attached hydrogen (secondary N) is 1. The van der Waals surface area contributed by atoms with Crippen molar-refractivity contribution in [3.63, 3.8) is 0 Å². The van der Waals surface area contributed by atoms with Gasteiger partial charge in [-0.15, -0.1) is 0 Å². The predicted molar refractivity (Wildman–Crippen MR) is 110 cm³/mol. The van der Waals surface area contributed by atoms with E-state index in [1.165, 1.54) is 0 Å². The zero-order valence-corrected chi connectivity index (χ0v) is 16.6. The molecule has 3 aromatic carbocycles. The number of carbonyl (C=O) groups is 1. The molecule has 0 bridgehead atoms. The predicted octanol–water partition coefficient (Wildman–Crippen LogP) is 6.44. The summed E-state index contributed by atoms with van der Waals surface area (Å²) >= 11 is 15.4. The van der Waals surface area contributed by atoms with Gasteiger partial charge in [-0.2, -0.15) is 0 Å². The van der Waals surface area contributed by atoms with E-state index in [2.05, 4.69) is 21.2 Å².